The molecule has 2 fully saturated rings. The van der Waals surface area contributed by atoms with Crippen molar-refractivity contribution in [1.82, 2.24) is 10.6 Å². The van der Waals surface area contributed by atoms with Crippen LogP contribution < -0.4 is 15.4 Å². The Morgan fingerprint density at radius 2 is 1.76 bits per heavy atom. The molecule has 0 aromatic heterocycles. The fourth-order valence-corrected chi connectivity index (χ4v) is 6.18. The Morgan fingerprint density at radius 3 is 2.39 bits per heavy atom. The second kappa shape index (κ2) is 10.0. The van der Waals surface area contributed by atoms with Crippen LogP contribution in [0.2, 0.25) is 0 Å². The van der Waals surface area contributed by atoms with Crippen LogP contribution in [-0.2, 0) is 20.9 Å². The fourth-order valence-electron chi connectivity index (χ4n) is 6.18. The second-order valence-corrected chi connectivity index (χ2v) is 10.9. The number of ether oxygens (including phenoxy) is 2. The molecule has 2 saturated carbocycles. The average molecular weight is 461 g/mol. The number of amides is 2. The summed E-state index contributed by atoms with van der Waals surface area (Å²) in [4.78, 5) is 25.2. The molecule has 3 rings (SSSR count). The lowest BCUT2D eigenvalue weighted by Gasteiger charge is -2.50. The zero-order valence-electron chi connectivity index (χ0n) is 20.7. The number of carbonyl (C=O) groups excluding carboxylic acids is 2. The van der Waals surface area contributed by atoms with Gasteiger partial charge in [0.1, 0.15) is 12.4 Å². The normalized spacial score (nSPS) is 30.4. The predicted molar refractivity (Wildman–Crippen MR) is 127 cm³/mol. The van der Waals surface area contributed by atoms with Gasteiger partial charge in [-0.1, -0.05) is 26.0 Å². The highest BCUT2D eigenvalue weighted by molar-refractivity contribution is 5.78. The zero-order valence-corrected chi connectivity index (χ0v) is 20.7. The quantitative estimate of drug-likeness (QED) is 0.526. The van der Waals surface area contributed by atoms with Gasteiger partial charge in [-0.15, -0.1) is 0 Å². The van der Waals surface area contributed by atoms with Crippen molar-refractivity contribution >= 4 is 11.8 Å². The number of fused-ring (bicyclic) bond motifs is 1. The van der Waals surface area contributed by atoms with Gasteiger partial charge in [-0.25, -0.2) is 0 Å². The van der Waals surface area contributed by atoms with Gasteiger partial charge in [0, 0.05) is 26.1 Å². The van der Waals surface area contributed by atoms with E-state index in [2.05, 4.69) is 24.5 Å². The maximum absolute atomic E-state index is 12.8. The smallest absolute Gasteiger partial charge is 0.246 e. The van der Waals surface area contributed by atoms with Crippen LogP contribution in [0, 0.1) is 16.7 Å². The summed E-state index contributed by atoms with van der Waals surface area (Å²) in [5, 5.41) is 17.1. The summed E-state index contributed by atoms with van der Waals surface area (Å²) >= 11 is 0. The topological polar surface area (TPSA) is 96.9 Å². The van der Waals surface area contributed by atoms with E-state index in [1.165, 1.54) is 7.11 Å². The molecule has 0 heterocycles. The number of carbonyl (C=O) groups is 2. The number of hydrogen-bond donors (Lipinski definition) is 3. The van der Waals surface area contributed by atoms with Crippen molar-refractivity contribution in [3.63, 3.8) is 0 Å². The SMILES string of the molecule is COCC(=O)N[C@H]1CC(C)(C)[C@@H]2C[C@](C)(O)CC[C@@]12CCC(=O)NCc1ccc(OC)cc1. The van der Waals surface area contributed by atoms with E-state index < -0.39 is 5.60 Å². The van der Waals surface area contributed by atoms with Crippen LogP contribution in [-0.4, -0.2) is 49.4 Å². The van der Waals surface area contributed by atoms with Crippen molar-refractivity contribution in [3.05, 3.63) is 29.8 Å². The van der Waals surface area contributed by atoms with Crippen LogP contribution >= 0.6 is 0 Å². The minimum absolute atomic E-state index is 0.00273. The van der Waals surface area contributed by atoms with E-state index in [0.29, 0.717) is 32.2 Å². The average Bonchev–Trinajstić information content (AvgIpc) is 2.97. The largest absolute Gasteiger partial charge is 0.497 e. The summed E-state index contributed by atoms with van der Waals surface area (Å²) in [6.07, 6.45) is 4.05. The van der Waals surface area contributed by atoms with E-state index in [-0.39, 0.29) is 41.2 Å². The van der Waals surface area contributed by atoms with Crippen LogP contribution in [0.15, 0.2) is 24.3 Å². The maximum Gasteiger partial charge on any atom is 0.246 e. The molecule has 184 valence electrons. The molecule has 0 bridgehead atoms. The van der Waals surface area contributed by atoms with Crippen molar-refractivity contribution in [2.24, 2.45) is 16.7 Å². The van der Waals surface area contributed by atoms with Crippen molar-refractivity contribution in [2.45, 2.75) is 77.5 Å². The predicted octanol–water partition coefficient (Wildman–Crippen LogP) is 3.19. The Kier molecular flexibility index (Phi) is 7.74. The lowest BCUT2D eigenvalue weighted by atomic mass is 9.57. The van der Waals surface area contributed by atoms with Gasteiger partial charge in [-0.05, 0) is 73.5 Å². The van der Waals surface area contributed by atoms with E-state index in [1.807, 2.05) is 31.2 Å². The van der Waals surface area contributed by atoms with Gasteiger partial charge in [-0.2, -0.15) is 0 Å². The van der Waals surface area contributed by atoms with Crippen LogP contribution in [0.4, 0.5) is 0 Å². The van der Waals surface area contributed by atoms with E-state index in [1.54, 1.807) is 7.11 Å². The first kappa shape index (κ1) is 25.5. The van der Waals surface area contributed by atoms with Gasteiger partial charge in [0.05, 0.1) is 12.7 Å². The molecule has 33 heavy (non-hydrogen) atoms. The van der Waals surface area contributed by atoms with Gasteiger partial charge in [0.25, 0.3) is 0 Å². The van der Waals surface area contributed by atoms with Crippen LogP contribution in [0.1, 0.15) is 64.9 Å². The molecule has 0 spiro atoms. The molecule has 2 aliphatic rings. The van der Waals surface area contributed by atoms with Crippen LogP contribution in [0.3, 0.4) is 0 Å². The molecular formula is C26H40N2O5. The Morgan fingerprint density at radius 1 is 1.06 bits per heavy atom. The molecule has 2 amide bonds. The molecule has 0 radical (unpaired) electrons. The molecular weight excluding hydrogens is 420 g/mol. The van der Waals surface area contributed by atoms with Crippen molar-refractivity contribution in [2.75, 3.05) is 20.8 Å². The highest BCUT2D eigenvalue weighted by atomic mass is 16.5. The van der Waals surface area contributed by atoms with Gasteiger partial charge < -0.3 is 25.2 Å². The van der Waals surface area contributed by atoms with Gasteiger partial charge in [0.15, 0.2) is 0 Å². The molecule has 0 unspecified atom stereocenters. The summed E-state index contributed by atoms with van der Waals surface area (Å²) in [6.45, 7) is 6.84. The number of methoxy groups -OCH3 is 2. The summed E-state index contributed by atoms with van der Waals surface area (Å²) in [5.41, 5.74) is 0.0374. The van der Waals surface area contributed by atoms with E-state index in [4.69, 9.17) is 9.47 Å². The molecule has 1 aromatic rings. The standard InChI is InChI=1S/C26H40N2O5/c1-24(2)15-21(28-23(30)17-32-4)26(13-12-25(3,31)14-20(24)26)11-10-22(29)27-16-18-6-8-19(33-5)9-7-18/h6-9,20-21,31H,10-17H2,1-5H3,(H,27,29)(H,28,30)/t20-,21-,25+,26+/m0/s1. The third-order valence-corrected chi connectivity index (χ3v) is 7.91. The molecule has 1 aromatic carbocycles. The van der Waals surface area contributed by atoms with Crippen LogP contribution in [0.5, 0.6) is 5.75 Å². The molecule has 3 N–H and O–H groups in total. The Balaban J connectivity index is 1.70. The summed E-state index contributed by atoms with van der Waals surface area (Å²) in [5.74, 6) is 0.882. The first-order chi connectivity index (χ1) is 15.5. The minimum Gasteiger partial charge on any atom is -0.497 e. The van der Waals surface area contributed by atoms with E-state index in [9.17, 15) is 14.7 Å². The Bertz CT molecular complexity index is 836. The molecule has 0 aliphatic heterocycles. The molecule has 4 atom stereocenters. The molecule has 7 nitrogen and oxygen atoms in total. The minimum atomic E-state index is -0.715. The monoisotopic (exact) mass is 460 g/mol. The van der Waals surface area contributed by atoms with Gasteiger partial charge in [-0.3, -0.25) is 9.59 Å². The highest BCUT2D eigenvalue weighted by Gasteiger charge is 2.61. The first-order valence-electron chi connectivity index (χ1n) is 11.9. The van der Waals surface area contributed by atoms with Gasteiger partial charge in [0.2, 0.25) is 11.8 Å². The lowest BCUT2D eigenvalue weighted by molar-refractivity contribution is -0.128. The van der Waals surface area contributed by atoms with Gasteiger partial charge >= 0.3 is 0 Å². The third kappa shape index (κ3) is 5.87. The molecule has 2 aliphatic carbocycles. The number of benzene rings is 1. The Labute approximate surface area is 197 Å². The van der Waals surface area contributed by atoms with E-state index >= 15 is 0 Å². The second-order valence-electron chi connectivity index (χ2n) is 10.9. The Hall–Kier alpha value is -2.12. The van der Waals surface area contributed by atoms with Crippen LogP contribution in [0.25, 0.3) is 0 Å². The molecule has 7 heteroatoms. The number of nitrogens with one attached hydrogen (secondary N) is 2. The summed E-state index contributed by atoms with van der Waals surface area (Å²) in [6, 6.07) is 7.61. The number of aliphatic hydroxyl groups is 1. The zero-order chi connectivity index (χ0) is 24.3. The number of rotatable bonds is 9. The van der Waals surface area contributed by atoms with E-state index in [0.717, 1.165) is 24.2 Å². The lowest BCUT2D eigenvalue weighted by Crippen LogP contribution is -2.53. The van der Waals surface area contributed by atoms with Crippen molar-refractivity contribution < 1.29 is 24.2 Å². The molecule has 0 saturated heterocycles. The number of hydrogen-bond acceptors (Lipinski definition) is 5. The maximum atomic E-state index is 12.8. The van der Waals surface area contributed by atoms with Crippen molar-refractivity contribution in [1.29, 1.82) is 0 Å². The summed E-state index contributed by atoms with van der Waals surface area (Å²) in [7, 11) is 3.14. The fraction of sp³-hybridized carbons (Fsp3) is 0.692. The first-order valence-corrected chi connectivity index (χ1v) is 11.9. The summed E-state index contributed by atoms with van der Waals surface area (Å²) < 4.78 is 10.2. The highest BCUT2D eigenvalue weighted by Crippen LogP contribution is 2.63. The third-order valence-electron chi connectivity index (χ3n) is 7.91. The van der Waals surface area contributed by atoms with Crippen molar-refractivity contribution in [3.8, 4) is 5.75 Å².